The molecule has 0 saturated heterocycles. The number of amides is 4. The van der Waals surface area contributed by atoms with Crippen molar-refractivity contribution in [3.05, 3.63) is 48.1 Å². The van der Waals surface area contributed by atoms with Crippen LogP contribution in [0.25, 0.3) is 0 Å². The van der Waals surface area contributed by atoms with Gasteiger partial charge in [0.15, 0.2) is 0 Å². The number of halogens is 2. The van der Waals surface area contributed by atoms with Gasteiger partial charge < -0.3 is 53.2 Å². The molecule has 8 atom stereocenters. The molecule has 1 aliphatic carbocycles. The second-order valence-electron chi connectivity index (χ2n) is 14.0. The molecule has 0 radical (unpaired) electrons. The molecule has 23 nitrogen and oxygen atoms in total. The van der Waals surface area contributed by atoms with E-state index >= 15 is 0 Å². The lowest BCUT2D eigenvalue weighted by Crippen LogP contribution is -2.50. The maximum Gasteiger partial charge on any atom is 0.322 e. The molecule has 0 aromatic carbocycles. The van der Waals surface area contributed by atoms with Crippen molar-refractivity contribution in [3.8, 4) is 0 Å². The summed E-state index contributed by atoms with van der Waals surface area (Å²) in [4.78, 5) is 127. The van der Waals surface area contributed by atoms with Gasteiger partial charge >= 0.3 is 23.9 Å². The van der Waals surface area contributed by atoms with Crippen molar-refractivity contribution in [2.24, 2.45) is 23.3 Å². The predicted molar refractivity (Wildman–Crippen MR) is 215 cm³/mol. The number of nitrogens with zero attached hydrogens (tertiary/aromatic N) is 4. The van der Waals surface area contributed by atoms with Gasteiger partial charge in [-0.25, -0.2) is 9.97 Å². The van der Waals surface area contributed by atoms with Gasteiger partial charge in [0.2, 0.25) is 35.5 Å². The number of Topliss-reactive ketones (excluding diaryl/α,β-unsaturated/α-hetero) is 1. The standard InChI is InChI=1S/C36H46F2N10O13S2/c37-24-10-41-20(8-43-24)31(62-14-22(33(56)45-12-28(51)52)47-26(49)6-4-18(39)35(58)59)16-2-1-3-17(30(16)55)32(21-9-44-25(38)11-42-21)63-15-23(34(57)46-13-29(53)54)48-27(50)7-5-19(40)36(60)61/h8-11,16-19,22-23,31-32H,1-7,12-15,39-40H2,(H,45,56)(H,46,57)(H,47,49)(H,48,50)(H,51,52)(H,53,54)(H,58,59)(H,60,61)/t16?,17?,18-,19+,22-,23-,31?,32?/m0/s1. The van der Waals surface area contributed by atoms with Crippen LogP contribution in [0, 0.1) is 23.7 Å². The second kappa shape index (κ2) is 25.2. The fraction of sp³-hybridized carbons (Fsp3) is 0.528. The average Bonchev–Trinajstić information content (AvgIpc) is 3.23. The van der Waals surface area contributed by atoms with E-state index in [-0.39, 0.29) is 48.6 Å². The summed E-state index contributed by atoms with van der Waals surface area (Å²) in [6.07, 6.45) is 3.02. The molecule has 2 aromatic heterocycles. The number of nitrogens with two attached hydrogens (primary N) is 2. The predicted octanol–water partition coefficient (Wildman–Crippen LogP) is -1.47. The molecule has 12 N–H and O–H groups in total. The molecule has 1 saturated carbocycles. The summed E-state index contributed by atoms with van der Waals surface area (Å²) in [6, 6.07) is -5.70. The van der Waals surface area contributed by atoms with E-state index in [1.54, 1.807) is 0 Å². The Hall–Kier alpha value is -5.93. The maximum absolute atomic E-state index is 14.7. The van der Waals surface area contributed by atoms with Crippen molar-refractivity contribution in [1.29, 1.82) is 0 Å². The van der Waals surface area contributed by atoms with E-state index in [0.717, 1.165) is 48.3 Å². The van der Waals surface area contributed by atoms with Gasteiger partial charge in [-0.3, -0.25) is 53.1 Å². The molecule has 4 unspecified atom stereocenters. The first-order valence-electron chi connectivity index (χ1n) is 19.0. The van der Waals surface area contributed by atoms with Crippen LogP contribution in [0.2, 0.25) is 0 Å². The molecule has 27 heteroatoms. The van der Waals surface area contributed by atoms with Crippen LogP contribution in [0.4, 0.5) is 8.78 Å². The molecule has 2 aromatic rings. The number of carbonyl (C=O) groups is 9. The summed E-state index contributed by atoms with van der Waals surface area (Å²) in [6.45, 7) is -1.66. The second-order valence-corrected chi connectivity index (χ2v) is 16.4. The number of carbonyl (C=O) groups excluding carboxylic acids is 5. The summed E-state index contributed by atoms with van der Waals surface area (Å²) < 4.78 is 28.1. The van der Waals surface area contributed by atoms with E-state index in [1.807, 2.05) is 0 Å². The van der Waals surface area contributed by atoms with Crippen molar-refractivity contribution < 1.29 is 72.4 Å². The average molecular weight is 929 g/mol. The molecular formula is C36H46F2N10O13S2. The van der Waals surface area contributed by atoms with Gasteiger partial charge in [-0.2, -0.15) is 8.78 Å². The largest absolute Gasteiger partial charge is 0.480 e. The highest BCUT2D eigenvalue weighted by Crippen LogP contribution is 2.48. The van der Waals surface area contributed by atoms with Gasteiger partial charge in [0.05, 0.1) is 46.7 Å². The van der Waals surface area contributed by atoms with Crippen molar-refractivity contribution in [2.45, 2.75) is 79.6 Å². The summed E-state index contributed by atoms with van der Waals surface area (Å²) in [5, 5.41) is 43.6. The Kier molecular flexibility index (Phi) is 20.6. The maximum atomic E-state index is 14.7. The monoisotopic (exact) mass is 928 g/mol. The molecule has 0 spiro atoms. The van der Waals surface area contributed by atoms with E-state index in [2.05, 4.69) is 41.2 Å². The molecule has 2 heterocycles. The zero-order chi connectivity index (χ0) is 46.8. The van der Waals surface area contributed by atoms with Crippen LogP contribution >= 0.6 is 23.5 Å². The highest BCUT2D eigenvalue weighted by molar-refractivity contribution is 7.99. The van der Waals surface area contributed by atoms with Crippen molar-refractivity contribution >= 4 is 76.8 Å². The number of hydrogen-bond donors (Lipinski definition) is 10. The Morgan fingerprint density at radius 1 is 0.651 bits per heavy atom. The minimum atomic E-state index is -1.45. The molecule has 3 rings (SSSR count). The molecule has 63 heavy (non-hydrogen) atoms. The number of hydrogen-bond acceptors (Lipinski definition) is 17. The van der Waals surface area contributed by atoms with E-state index in [9.17, 15) is 51.9 Å². The Bertz CT molecular complexity index is 1840. The first-order valence-corrected chi connectivity index (χ1v) is 21.1. The SMILES string of the molecule is N[C@H](CCC(=O)N[C@@H](CSC(c1cnc(F)cn1)C1CCCC(C(SC[C@H](NC(=O)CC[C@H](N)C(=O)O)C(=O)NCC(=O)O)c2cnc(F)cn2)C1=O)C(=O)NCC(=O)O)C(=O)O. The zero-order valence-electron chi connectivity index (χ0n) is 33.2. The van der Waals surface area contributed by atoms with E-state index in [4.69, 9.17) is 31.9 Å². The normalized spacial score (nSPS) is 17.7. The first-order chi connectivity index (χ1) is 29.8. The molecule has 344 valence electrons. The minimum Gasteiger partial charge on any atom is -0.480 e. The van der Waals surface area contributed by atoms with Gasteiger partial charge in [0, 0.05) is 36.2 Å². The summed E-state index contributed by atoms with van der Waals surface area (Å²) in [7, 11) is 0. The van der Waals surface area contributed by atoms with Crippen LogP contribution in [0.15, 0.2) is 24.8 Å². The number of aliphatic carboxylic acids is 4. The number of carboxylic acid groups (broad SMARTS) is 4. The lowest BCUT2D eigenvalue weighted by molar-refractivity contribution is -0.140. The van der Waals surface area contributed by atoms with Crippen LogP contribution in [-0.2, 0) is 43.2 Å². The topological polar surface area (TPSA) is 386 Å². The Morgan fingerprint density at radius 2 is 1.03 bits per heavy atom. The van der Waals surface area contributed by atoms with E-state index in [0.29, 0.717) is 6.42 Å². The van der Waals surface area contributed by atoms with Gasteiger partial charge in [-0.05, 0) is 25.7 Å². The third kappa shape index (κ3) is 17.0. The molecule has 0 aliphatic heterocycles. The van der Waals surface area contributed by atoms with E-state index < -0.39 is 138 Å². The number of nitrogens with one attached hydrogen (secondary N) is 4. The zero-order valence-corrected chi connectivity index (χ0v) is 34.8. The van der Waals surface area contributed by atoms with Crippen LogP contribution in [0.5, 0.6) is 0 Å². The smallest absolute Gasteiger partial charge is 0.322 e. The number of carboxylic acids is 4. The third-order valence-corrected chi connectivity index (χ3v) is 12.3. The van der Waals surface area contributed by atoms with Crippen LogP contribution in [-0.4, -0.2) is 142 Å². The Morgan fingerprint density at radius 3 is 1.35 bits per heavy atom. The van der Waals surface area contributed by atoms with Gasteiger partial charge in [0.25, 0.3) is 0 Å². The van der Waals surface area contributed by atoms with Gasteiger partial charge in [-0.1, -0.05) is 6.42 Å². The summed E-state index contributed by atoms with van der Waals surface area (Å²) in [5.74, 6) is -14.0. The first kappa shape index (κ1) is 51.4. The van der Waals surface area contributed by atoms with E-state index in [1.165, 1.54) is 0 Å². The fourth-order valence-electron chi connectivity index (χ4n) is 6.16. The van der Waals surface area contributed by atoms with Gasteiger partial charge in [0.1, 0.15) is 43.0 Å². The molecule has 1 fully saturated rings. The number of rotatable bonds is 26. The van der Waals surface area contributed by atoms with Crippen molar-refractivity contribution in [1.82, 2.24) is 41.2 Å². The minimum absolute atomic E-state index is 0.0788. The van der Waals surface area contributed by atoms with Crippen LogP contribution < -0.4 is 32.7 Å². The van der Waals surface area contributed by atoms with Crippen molar-refractivity contribution in [2.75, 3.05) is 24.6 Å². The third-order valence-electron chi connectivity index (χ3n) is 9.37. The Balaban J connectivity index is 1.97. The summed E-state index contributed by atoms with van der Waals surface area (Å²) in [5.41, 5.74) is 11.2. The number of aromatic nitrogens is 4. The molecule has 1 aliphatic rings. The van der Waals surface area contributed by atoms with Crippen LogP contribution in [0.3, 0.4) is 0 Å². The molecule has 4 amide bonds. The highest BCUT2D eigenvalue weighted by Gasteiger charge is 2.43. The van der Waals surface area contributed by atoms with Crippen LogP contribution in [0.1, 0.15) is 66.8 Å². The number of thioether (sulfide) groups is 2. The van der Waals surface area contributed by atoms with Gasteiger partial charge in [-0.15, -0.1) is 23.5 Å². The molecule has 0 bridgehead atoms. The lowest BCUT2D eigenvalue weighted by Gasteiger charge is -2.36. The molecular weight excluding hydrogens is 883 g/mol. The summed E-state index contributed by atoms with van der Waals surface area (Å²) >= 11 is 1.85. The highest BCUT2D eigenvalue weighted by atomic mass is 32.2. The quantitative estimate of drug-likeness (QED) is 0.0515. The Labute approximate surface area is 365 Å². The number of ketones is 1. The lowest BCUT2D eigenvalue weighted by atomic mass is 9.76. The fourth-order valence-corrected chi connectivity index (χ4v) is 9.02. The van der Waals surface area contributed by atoms with Crippen molar-refractivity contribution in [3.63, 3.8) is 0 Å².